The molecule has 0 saturated heterocycles. The number of aldehydes is 1. The summed E-state index contributed by atoms with van der Waals surface area (Å²) in [5.74, 6) is 0.283. The van der Waals surface area contributed by atoms with Crippen LogP contribution in [0.3, 0.4) is 0 Å². The molecule has 1 aliphatic carbocycles. The maximum absolute atomic E-state index is 11.1. The van der Waals surface area contributed by atoms with Crippen LogP contribution in [0.4, 0.5) is 5.95 Å². The monoisotopic (exact) mass is 368 g/mol. The van der Waals surface area contributed by atoms with Crippen LogP contribution in [0.5, 0.6) is 0 Å². The van der Waals surface area contributed by atoms with Gasteiger partial charge >= 0.3 is 0 Å². The van der Waals surface area contributed by atoms with Gasteiger partial charge in [-0.1, -0.05) is 42.8 Å². The van der Waals surface area contributed by atoms with E-state index in [1.54, 1.807) is 12.4 Å². The molecule has 1 aliphatic rings. The summed E-state index contributed by atoms with van der Waals surface area (Å²) in [5, 5.41) is 1.20. The van der Waals surface area contributed by atoms with E-state index in [4.69, 9.17) is 5.73 Å². The highest BCUT2D eigenvalue weighted by atomic mass is 16.1. The Morgan fingerprint density at radius 3 is 2.39 bits per heavy atom. The van der Waals surface area contributed by atoms with Gasteiger partial charge in [-0.15, -0.1) is 0 Å². The maximum atomic E-state index is 11.1. The minimum atomic E-state index is 0.0249. The summed E-state index contributed by atoms with van der Waals surface area (Å²) in [7, 11) is 0. The molecule has 0 atom stereocenters. The fraction of sp³-hybridized carbons (Fsp3) is 0.174. The van der Waals surface area contributed by atoms with Crippen molar-refractivity contribution in [3.63, 3.8) is 0 Å². The molecule has 2 heterocycles. The lowest BCUT2D eigenvalue weighted by Gasteiger charge is -2.43. The van der Waals surface area contributed by atoms with E-state index in [0.29, 0.717) is 5.56 Å². The number of anilines is 1. The second kappa shape index (κ2) is 6.30. The van der Waals surface area contributed by atoms with Crippen molar-refractivity contribution in [2.24, 2.45) is 0 Å². The Hall–Kier alpha value is -3.47. The van der Waals surface area contributed by atoms with Gasteiger partial charge in [0.05, 0.1) is 0 Å². The van der Waals surface area contributed by atoms with Crippen LogP contribution in [0.25, 0.3) is 22.0 Å². The summed E-state index contributed by atoms with van der Waals surface area (Å²) in [6, 6.07) is 14.6. The number of carbonyl (C=O) groups excluding carboxylic acids is 1. The number of nitrogens with two attached hydrogens (primary N) is 1. The maximum Gasteiger partial charge on any atom is 0.219 e. The third-order valence-corrected chi connectivity index (χ3v) is 6.01. The molecule has 0 bridgehead atoms. The number of fused-ring (bicyclic) bond motifs is 1. The Labute approximate surface area is 162 Å². The fourth-order valence-electron chi connectivity index (χ4n) is 4.33. The second-order valence-corrected chi connectivity index (χ2v) is 7.47. The average Bonchev–Trinajstić information content (AvgIpc) is 3.12. The van der Waals surface area contributed by atoms with Crippen molar-refractivity contribution >= 4 is 23.1 Å². The van der Waals surface area contributed by atoms with Crippen molar-refractivity contribution in [1.82, 2.24) is 15.0 Å². The highest BCUT2D eigenvalue weighted by Crippen LogP contribution is 2.51. The van der Waals surface area contributed by atoms with Gasteiger partial charge in [0.2, 0.25) is 5.95 Å². The van der Waals surface area contributed by atoms with Gasteiger partial charge in [-0.05, 0) is 35.6 Å². The zero-order valence-electron chi connectivity index (χ0n) is 15.4. The Balaban J connectivity index is 1.55. The van der Waals surface area contributed by atoms with Crippen LogP contribution in [0.1, 0.15) is 40.7 Å². The number of nitrogens with zero attached hydrogens (tertiary/aromatic N) is 2. The normalized spacial score (nSPS) is 15.3. The molecule has 5 nitrogen and oxygen atoms in total. The Kier molecular flexibility index (Phi) is 3.76. The molecule has 4 aromatic rings. The summed E-state index contributed by atoms with van der Waals surface area (Å²) in [6.45, 7) is 0. The van der Waals surface area contributed by atoms with Gasteiger partial charge < -0.3 is 10.7 Å². The Morgan fingerprint density at radius 2 is 1.75 bits per heavy atom. The fourth-order valence-corrected chi connectivity index (χ4v) is 4.33. The molecule has 5 heteroatoms. The summed E-state index contributed by atoms with van der Waals surface area (Å²) in [6.07, 6.45) is 9.96. The first-order chi connectivity index (χ1) is 13.7. The van der Waals surface area contributed by atoms with Crippen molar-refractivity contribution in [2.75, 3.05) is 5.73 Å². The highest BCUT2D eigenvalue weighted by Gasteiger charge is 2.41. The molecule has 0 aliphatic heterocycles. The molecule has 3 N–H and O–H groups in total. The first-order valence-electron chi connectivity index (χ1n) is 9.45. The summed E-state index contributed by atoms with van der Waals surface area (Å²) < 4.78 is 0. The molecule has 0 unspecified atom stereocenters. The van der Waals surface area contributed by atoms with Crippen LogP contribution in [0, 0.1) is 0 Å². The lowest BCUT2D eigenvalue weighted by Crippen LogP contribution is -2.35. The van der Waals surface area contributed by atoms with E-state index in [0.717, 1.165) is 35.8 Å². The van der Waals surface area contributed by atoms with Crippen molar-refractivity contribution in [3.8, 4) is 11.1 Å². The second-order valence-electron chi connectivity index (χ2n) is 7.47. The number of hydrogen-bond acceptors (Lipinski definition) is 4. The SMILES string of the molecule is Nc1ncc(-c2ccc(C3(c4c[nH]c5cc(C=O)ccc45)CCC3)cc2)cn1. The van der Waals surface area contributed by atoms with Crippen LogP contribution in [0.2, 0.25) is 0 Å². The van der Waals surface area contributed by atoms with E-state index in [9.17, 15) is 4.79 Å². The minimum Gasteiger partial charge on any atom is -0.368 e. The molecule has 2 aromatic heterocycles. The predicted octanol–water partition coefficient (Wildman–Crippen LogP) is 4.49. The zero-order valence-corrected chi connectivity index (χ0v) is 15.4. The summed E-state index contributed by atoms with van der Waals surface area (Å²) in [5.41, 5.74) is 12.0. The predicted molar refractivity (Wildman–Crippen MR) is 110 cm³/mol. The third-order valence-electron chi connectivity index (χ3n) is 6.01. The van der Waals surface area contributed by atoms with E-state index in [1.807, 2.05) is 12.1 Å². The quantitative estimate of drug-likeness (QED) is 0.520. The number of nitrogen functional groups attached to an aromatic ring is 1. The van der Waals surface area contributed by atoms with Crippen LogP contribution in [-0.4, -0.2) is 21.2 Å². The van der Waals surface area contributed by atoms with Crippen molar-refractivity contribution < 1.29 is 4.79 Å². The number of rotatable bonds is 4. The number of carbonyl (C=O) groups is 1. The van der Waals surface area contributed by atoms with E-state index in [-0.39, 0.29) is 11.4 Å². The Morgan fingerprint density at radius 1 is 1.00 bits per heavy atom. The molecule has 5 rings (SSSR count). The topological polar surface area (TPSA) is 84.7 Å². The van der Waals surface area contributed by atoms with Gasteiger partial charge in [-0.3, -0.25) is 4.79 Å². The Bertz CT molecular complexity index is 1160. The molecule has 0 radical (unpaired) electrons. The molecule has 28 heavy (non-hydrogen) atoms. The van der Waals surface area contributed by atoms with Gasteiger partial charge in [-0.25, -0.2) is 9.97 Å². The van der Waals surface area contributed by atoms with Crippen molar-refractivity contribution in [3.05, 3.63) is 77.7 Å². The smallest absolute Gasteiger partial charge is 0.219 e. The third kappa shape index (κ3) is 2.51. The summed E-state index contributed by atoms with van der Waals surface area (Å²) >= 11 is 0. The van der Waals surface area contributed by atoms with Crippen LogP contribution in [0.15, 0.2) is 61.1 Å². The molecule has 0 spiro atoms. The van der Waals surface area contributed by atoms with E-state index in [2.05, 4.69) is 51.5 Å². The molecular weight excluding hydrogens is 348 g/mol. The van der Waals surface area contributed by atoms with Gasteiger partial charge in [0.25, 0.3) is 0 Å². The molecule has 1 saturated carbocycles. The summed E-state index contributed by atoms with van der Waals surface area (Å²) in [4.78, 5) is 22.6. The van der Waals surface area contributed by atoms with Crippen LogP contribution in [-0.2, 0) is 5.41 Å². The minimum absolute atomic E-state index is 0.0249. The molecule has 0 amide bonds. The van der Waals surface area contributed by atoms with E-state index >= 15 is 0 Å². The zero-order chi connectivity index (χ0) is 19.1. The molecule has 1 fully saturated rings. The average molecular weight is 368 g/mol. The number of aromatic amines is 1. The van der Waals surface area contributed by atoms with Gasteiger partial charge in [0.1, 0.15) is 6.29 Å². The van der Waals surface area contributed by atoms with Crippen LogP contribution < -0.4 is 5.73 Å². The number of H-pyrrole nitrogens is 1. The molecule has 138 valence electrons. The number of nitrogens with one attached hydrogen (secondary N) is 1. The van der Waals surface area contributed by atoms with E-state index < -0.39 is 0 Å². The van der Waals surface area contributed by atoms with Gasteiger partial charge in [0, 0.05) is 46.0 Å². The molecule has 2 aromatic carbocycles. The first kappa shape index (κ1) is 16.7. The number of hydrogen-bond donors (Lipinski definition) is 2. The van der Waals surface area contributed by atoms with Crippen molar-refractivity contribution in [2.45, 2.75) is 24.7 Å². The first-order valence-corrected chi connectivity index (χ1v) is 9.45. The largest absolute Gasteiger partial charge is 0.368 e. The van der Waals surface area contributed by atoms with Crippen molar-refractivity contribution in [1.29, 1.82) is 0 Å². The molecular formula is C23H20N4O. The van der Waals surface area contributed by atoms with Crippen LogP contribution >= 0.6 is 0 Å². The standard InChI is InChI=1S/C23H20N4O/c24-22-26-11-17(12-27-22)16-3-5-18(6-4-16)23(8-1-9-23)20-13-25-21-10-15(14-28)2-7-19(20)21/h2-7,10-14,25H,1,8-9H2,(H2,24,26,27). The number of benzene rings is 2. The lowest BCUT2D eigenvalue weighted by atomic mass is 9.60. The number of aromatic nitrogens is 3. The van der Waals surface area contributed by atoms with Gasteiger partial charge in [-0.2, -0.15) is 0 Å². The van der Waals surface area contributed by atoms with Gasteiger partial charge in [0.15, 0.2) is 0 Å². The van der Waals surface area contributed by atoms with E-state index in [1.165, 1.54) is 22.9 Å². The lowest BCUT2D eigenvalue weighted by molar-refractivity contribution is 0.112. The highest BCUT2D eigenvalue weighted by molar-refractivity contribution is 5.90.